The lowest BCUT2D eigenvalue weighted by molar-refractivity contribution is 1.28. The summed E-state index contributed by atoms with van der Waals surface area (Å²) in [5, 5.41) is 9.19. The highest BCUT2D eigenvalue weighted by Crippen LogP contribution is 1.46. The minimum atomic E-state index is 0.938. The van der Waals surface area contributed by atoms with Gasteiger partial charge in [0.1, 0.15) is 0 Å². The van der Waals surface area contributed by atoms with E-state index < -0.39 is 0 Å². The van der Waals surface area contributed by atoms with Gasteiger partial charge >= 0.3 is 0 Å². The number of hydrogen-bond donors (Lipinski definition) is 3. The molecule has 3 N–H and O–H groups in total. The van der Waals surface area contributed by atoms with E-state index in [9.17, 15) is 0 Å². The summed E-state index contributed by atoms with van der Waals surface area (Å²) in [4.78, 5) is 0. The van der Waals surface area contributed by atoms with Crippen molar-refractivity contribution in [3.8, 4) is 0 Å². The fraction of sp³-hybridized carbons (Fsp3) is 0. The van der Waals surface area contributed by atoms with Crippen LogP contribution in [0.4, 0.5) is 0 Å². The third-order valence-electron chi connectivity index (χ3n) is 0.750. The number of rotatable bonds is 0. The molecule has 0 aromatic rings. The zero-order valence-corrected chi connectivity index (χ0v) is 7.91. The zero-order valence-electron chi connectivity index (χ0n) is 5.91. The van der Waals surface area contributed by atoms with E-state index in [1.807, 2.05) is 5.70 Å². The topological polar surface area (TPSA) is 36.1 Å². The Bertz CT molecular complexity index is 56.6. The van der Waals surface area contributed by atoms with Gasteiger partial charge in [-0.05, 0) is 0 Å². The molecule has 9 heavy (non-hydrogen) atoms. The van der Waals surface area contributed by atoms with Crippen molar-refractivity contribution >= 4 is 32.9 Å². The van der Waals surface area contributed by atoms with Gasteiger partial charge in [-0.3, -0.25) is 0 Å². The number of nitrogens with one attached hydrogen (secondary N) is 3. The summed E-state index contributed by atoms with van der Waals surface area (Å²) in [6, 6.07) is 0. The Morgan fingerprint density at radius 3 is 1.44 bits per heavy atom. The molecule has 7 heteroatoms. The van der Waals surface area contributed by atoms with Crippen LogP contribution in [0.25, 0.3) is 0 Å². The Hall–Kier alpha value is 0.0317. The van der Waals surface area contributed by atoms with E-state index in [2.05, 4.69) is 22.0 Å². The van der Waals surface area contributed by atoms with Gasteiger partial charge < -0.3 is 15.4 Å². The minimum absolute atomic E-state index is 0.938. The number of hydrogen-bond acceptors (Lipinski definition) is 3. The van der Waals surface area contributed by atoms with Crippen molar-refractivity contribution in [2.75, 3.05) is 0 Å². The fourth-order valence-electron chi connectivity index (χ4n) is 0.453. The average Bonchev–Trinajstić information content (AvgIpc) is 1.93. The van der Waals surface area contributed by atoms with Crippen LogP contribution in [0, 0.1) is 0 Å². The Morgan fingerprint density at radius 1 is 1.11 bits per heavy atom. The molecule has 0 spiro atoms. The van der Waals surface area contributed by atoms with Gasteiger partial charge in [0, 0.05) is 10.2 Å². The molecule has 0 aromatic heterocycles. The van der Waals surface area contributed by atoms with Crippen LogP contribution in [-0.4, -0.2) is 32.9 Å². The lowest BCUT2D eigenvalue weighted by atomic mass is 9.85. The van der Waals surface area contributed by atoms with Crippen LogP contribution in [0.3, 0.4) is 0 Å². The van der Waals surface area contributed by atoms with E-state index in [0.717, 1.165) is 32.9 Å². The van der Waals surface area contributed by atoms with Gasteiger partial charge in [0.25, 0.3) is 22.6 Å². The van der Waals surface area contributed by atoms with Crippen molar-refractivity contribution in [2.45, 2.75) is 0 Å². The molecule has 3 nitrogen and oxygen atoms in total. The van der Waals surface area contributed by atoms with Gasteiger partial charge in [-0.25, -0.2) is 0 Å². The highest BCUT2D eigenvalue weighted by Gasteiger charge is 1.97. The average molecular weight is 139 g/mol. The summed E-state index contributed by atoms with van der Waals surface area (Å²) < 4.78 is 0. The van der Waals surface area contributed by atoms with Gasteiger partial charge in [0.05, 0.1) is 0 Å². The van der Waals surface area contributed by atoms with Gasteiger partial charge in [-0.2, -0.15) is 0 Å². The molecule has 0 bridgehead atoms. The Balaban J connectivity index is 0.000000187. The van der Waals surface area contributed by atoms with E-state index >= 15 is 0 Å². The first-order chi connectivity index (χ1) is 4.41. The van der Waals surface area contributed by atoms with Crippen LogP contribution in [-0.2, 0) is 0 Å². The third-order valence-corrected chi connectivity index (χ3v) is 0.750. The summed E-state index contributed by atoms with van der Waals surface area (Å²) in [6.07, 6.45) is 0. The molecule has 0 radical (unpaired) electrons. The summed E-state index contributed by atoms with van der Waals surface area (Å²) in [5.41, 5.74) is 1.89. The van der Waals surface area contributed by atoms with Crippen molar-refractivity contribution in [2.24, 2.45) is 0 Å². The van der Waals surface area contributed by atoms with E-state index in [1.165, 1.54) is 0 Å². The highest BCUT2D eigenvalue weighted by molar-refractivity contribution is 6.65. The third kappa shape index (κ3) is 8.03. The Morgan fingerprint density at radius 2 is 1.33 bits per heavy atom. The molecule has 0 aliphatic carbocycles. The maximum atomic E-state index is 3.42. The monoisotopic (exact) mass is 139 g/mol. The highest BCUT2D eigenvalue weighted by atomic mass is 28.1. The van der Waals surface area contributed by atoms with Crippen molar-refractivity contribution in [3.63, 3.8) is 0 Å². The molecular formula is C2H12B3N3Si. The maximum absolute atomic E-state index is 3.42. The molecule has 1 aliphatic heterocycles. The molecule has 1 saturated heterocycles. The van der Waals surface area contributed by atoms with E-state index in [1.54, 1.807) is 0 Å². The molecule has 0 saturated carbocycles. The molecule has 1 fully saturated rings. The lowest BCUT2D eigenvalue weighted by Crippen LogP contribution is -2.55. The first-order valence-electron chi connectivity index (χ1n) is 3.11. The van der Waals surface area contributed by atoms with E-state index in [0.29, 0.717) is 0 Å². The second kappa shape index (κ2) is 8.03. The smallest absolute Gasteiger partial charge is 0.265 e. The summed E-state index contributed by atoms with van der Waals surface area (Å²) >= 11 is 0. The summed E-state index contributed by atoms with van der Waals surface area (Å²) in [6.45, 7) is 3.42. The van der Waals surface area contributed by atoms with Gasteiger partial charge in [0.15, 0.2) is 0 Å². The van der Waals surface area contributed by atoms with Crippen LogP contribution in [0.1, 0.15) is 0 Å². The predicted molar refractivity (Wildman–Crippen MR) is 51.0 cm³/mol. The second-order valence-corrected chi connectivity index (χ2v) is 2.51. The maximum Gasteiger partial charge on any atom is 0.265 e. The van der Waals surface area contributed by atoms with Crippen molar-refractivity contribution < 1.29 is 0 Å². The fourth-order valence-corrected chi connectivity index (χ4v) is 0.453. The standard InChI is InChI=1S/C2H6Si.B3H6N3/c1-2-3;1-4-2-6-3-5-1/h2H,1H2,3H3;1-6H. The van der Waals surface area contributed by atoms with Gasteiger partial charge in [-0.15, -0.1) is 12.3 Å². The molecule has 1 aliphatic rings. The molecule has 0 amide bonds. The lowest BCUT2D eigenvalue weighted by Gasteiger charge is -2.08. The molecule has 0 atom stereocenters. The summed E-state index contributed by atoms with van der Waals surface area (Å²) in [7, 11) is 3.95. The summed E-state index contributed by atoms with van der Waals surface area (Å²) in [5.74, 6) is 0. The van der Waals surface area contributed by atoms with Crippen LogP contribution in [0.15, 0.2) is 12.3 Å². The van der Waals surface area contributed by atoms with E-state index in [-0.39, 0.29) is 0 Å². The molecular weight excluding hydrogens is 127 g/mol. The Kier molecular flexibility index (Phi) is 8.06. The van der Waals surface area contributed by atoms with Gasteiger partial charge in [0.2, 0.25) is 0 Å². The van der Waals surface area contributed by atoms with Crippen molar-refractivity contribution in [1.29, 1.82) is 0 Å². The zero-order chi connectivity index (χ0) is 6.95. The molecule has 1 rings (SSSR count). The van der Waals surface area contributed by atoms with E-state index in [4.69, 9.17) is 0 Å². The quantitative estimate of drug-likeness (QED) is 0.300. The van der Waals surface area contributed by atoms with Crippen molar-refractivity contribution in [1.82, 2.24) is 15.4 Å². The normalized spacial score (nSPS) is 15.1. The first-order valence-corrected chi connectivity index (χ1v) is 4.26. The van der Waals surface area contributed by atoms with Crippen LogP contribution >= 0.6 is 0 Å². The molecule has 0 unspecified atom stereocenters. The predicted octanol–water partition coefficient (Wildman–Crippen LogP) is -3.94. The van der Waals surface area contributed by atoms with Crippen molar-refractivity contribution in [3.05, 3.63) is 12.3 Å². The molecule has 1 heterocycles. The first kappa shape index (κ1) is 9.03. The molecule has 48 valence electrons. The SMILES string of the molecule is B1NBNBN1.C=C[SiH3]. The van der Waals surface area contributed by atoms with Gasteiger partial charge in [-0.1, -0.05) is 0 Å². The van der Waals surface area contributed by atoms with Crippen LogP contribution < -0.4 is 15.4 Å². The van der Waals surface area contributed by atoms with Crippen LogP contribution in [0.5, 0.6) is 0 Å². The largest absolute Gasteiger partial charge is 0.378 e. The molecule has 0 aromatic carbocycles. The minimum Gasteiger partial charge on any atom is -0.378 e. The van der Waals surface area contributed by atoms with Crippen LogP contribution in [0.2, 0.25) is 0 Å². The Labute approximate surface area is 61.3 Å². The second-order valence-electron chi connectivity index (χ2n) is 1.69.